The van der Waals surface area contributed by atoms with Crippen LogP contribution in [-0.4, -0.2) is 11.0 Å². The quantitative estimate of drug-likeness (QED) is 0.275. The molecule has 1 aliphatic rings. The first kappa shape index (κ1) is 17.8. The van der Waals surface area contributed by atoms with Crippen LogP contribution in [0.1, 0.15) is 96.8 Å². The van der Waals surface area contributed by atoms with Gasteiger partial charge in [0.15, 0.2) is 0 Å². The topological polar surface area (TPSA) is 0 Å². The summed E-state index contributed by atoms with van der Waals surface area (Å²) in [6, 6.07) is 0. The molecular weight excluding hydrogens is 268 g/mol. The minimum atomic E-state index is 0.984. The SMILES string of the molecule is CCCCCCCCCCCCCC1CCCSS1. The number of hydrogen-bond donors (Lipinski definition) is 0. The third kappa shape index (κ3) is 11.1. The van der Waals surface area contributed by atoms with Crippen LogP contribution >= 0.6 is 21.6 Å². The molecule has 0 aromatic rings. The summed E-state index contributed by atoms with van der Waals surface area (Å²) >= 11 is 0. The molecule has 0 aromatic carbocycles. The van der Waals surface area contributed by atoms with Crippen LogP contribution in [0.3, 0.4) is 0 Å². The van der Waals surface area contributed by atoms with E-state index < -0.39 is 0 Å². The van der Waals surface area contributed by atoms with Gasteiger partial charge in [0, 0.05) is 11.0 Å². The highest BCUT2D eigenvalue weighted by Crippen LogP contribution is 2.38. The molecule has 19 heavy (non-hydrogen) atoms. The Morgan fingerprint density at radius 1 is 0.789 bits per heavy atom. The molecule has 1 aliphatic heterocycles. The number of unbranched alkanes of at least 4 members (excludes halogenated alkanes) is 10. The van der Waals surface area contributed by atoms with Gasteiger partial charge in [0.2, 0.25) is 0 Å². The van der Waals surface area contributed by atoms with Gasteiger partial charge in [-0.25, -0.2) is 0 Å². The van der Waals surface area contributed by atoms with E-state index in [0.29, 0.717) is 0 Å². The van der Waals surface area contributed by atoms with E-state index in [4.69, 9.17) is 0 Å². The first-order valence-electron chi connectivity index (χ1n) is 8.71. The molecule has 0 aromatic heterocycles. The predicted octanol–water partition coefficient (Wildman–Crippen LogP) is 7.23. The van der Waals surface area contributed by atoms with Gasteiger partial charge in [-0.05, 0) is 19.3 Å². The first-order valence-corrected chi connectivity index (χ1v) is 11.1. The monoisotopic (exact) mass is 302 g/mol. The van der Waals surface area contributed by atoms with Gasteiger partial charge in [-0.3, -0.25) is 0 Å². The number of rotatable bonds is 12. The molecule has 0 nitrogen and oxygen atoms in total. The van der Waals surface area contributed by atoms with Crippen molar-refractivity contribution >= 4 is 21.6 Å². The summed E-state index contributed by atoms with van der Waals surface area (Å²) in [6.45, 7) is 2.30. The molecule has 1 heterocycles. The maximum atomic E-state index is 2.30. The first-order chi connectivity index (χ1) is 9.43. The molecule has 0 bridgehead atoms. The van der Waals surface area contributed by atoms with Crippen LogP contribution in [0.4, 0.5) is 0 Å². The average molecular weight is 303 g/mol. The van der Waals surface area contributed by atoms with Crippen molar-refractivity contribution in [2.24, 2.45) is 0 Å². The van der Waals surface area contributed by atoms with Crippen LogP contribution < -0.4 is 0 Å². The minimum absolute atomic E-state index is 0.984. The van der Waals surface area contributed by atoms with Crippen LogP contribution in [0.2, 0.25) is 0 Å². The molecule has 2 heteroatoms. The van der Waals surface area contributed by atoms with Crippen molar-refractivity contribution in [1.29, 1.82) is 0 Å². The molecule has 1 rings (SSSR count). The Morgan fingerprint density at radius 3 is 1.89 bits per heavy atom. The Balaban J connectivity index is 1.71. The molecule has 114 valence electrons. The zero-order valence-corrected chi connectivity index (χ0v) is 14.6. The summed E-state index contributed by atoms with van der Waals surface area (Å²) in [7, 11) is 4.26. The van der Waals surface area contributed by atoms with Crippen molar-refractivity contribution < 1.29 is 0 Å². The normalized spacial score (nSPS) is 19.7. The van der Waals surface area contributed by atoms with Crippen LogP contribution in [0, 0.1) is 0 Å². The second-order valence-corrected chi connectivity index (χ2v) is 8.79. The third-order valence-corrected chi connectivity index (χ3v) is 7.15. The van der Waals surface area contributed by atoms with Crippen molar-refractivity contribution in [1.82, 2.24) is 0 Å². The molecule has 1 unspecified atom stereocenters. The molecule has 0 aliphatic carbocycles. The summed E-state index contributed by atoms with van der Waals surface area (Å²) in [5, 5.41) is 0.984. The minimum Gasteiger partial charge on any atom is -0.0939 e. The molecule has 1 atom stereocenters. The molecule has 1 fully saturated rings. The average Bonchev–Trinajstić information content (AvgIpc) is 2.46. The highest BCUT2D eigenvalue weighted by atomic mass is 33.1. The standard InChI is InChI=1S/C17H34S2/c1-2-3-4-5-6-7-8-9-10-11-12-14-17-15-13-16-18-19-17/h17H,2-16H2,1H3. The van der Waals surface area contributed by atoms with E-state index in [1.807, 2.05) is 0 Å². The largest absolute Gasteiger partial charge is 0.0939 e. The van der Waals surface area contributed by atoms with E-state index >= 15 is 0 Å². The van der Waals surface area contributed by atoms with Crippen molar-refractivity contribution in [2.75, 3.05) is 5.75 Å². The predicted molar refractivity (Wildman–Crippen MR) is 94.1 cm³/mol. The highest BCUT2D eigenvalue weighted by molar-refractivity contribution is 8.77. The zero-order valence-electron chi connectivity index (χ0n) is 13.0. The van der Waals surface area contributed by atoms with E-state index in [9.17, 15) is 0 Å². The van der Waals surface area contributed by atoms with Crippen LogP contribution in [0.15, 0.2) is 0 Å². The lowest BCUT2D eigenvalue weighted by Crippen LogP contribution is -2.05. The highest BCUT2D eigenvalue weighted by Gasteiger charge is 2.13. The summed E-state index contributed by atoms with van der Waals surface area (Å²) in [5.41, 5.74) is 0. The van der Waals surface area contributed by atoms with E-state index in [2.05, 4.69) is 28.5 Å². The maximum absolute atomic E-state index is 2.30. The van der Waals surface area contributed by atoms with Gasteiger partial charge in [0.25, 0.3) is 0 Å². The second kappa shape index (κ2) is 13.7. The van der Waals surface area contributed by atoms with Gasteiger partial charge in [0.1, 0.15) is 0 Å². The van der Waals surface area contributed by atoms with Crippen LogP contribution in [0.25, 0.3) is 0 Å². The fraction of sp³-hybridized carbons (Fsp3) is 1.00. The smallest absolute Gasteiger partial charge is 0.0151 e. The summed E-state index contributed by atoms with van der Waals surface area (Å²) in [4.78, 5) is 0. The fourth-order valence-electron chi connectivity index (χ4n) is 2.79. The summed E-state index contributed by atoms with van der Waals surface area (Å²) in [5.74, 6) is 1.39. The van der Waals surface area contributed by atoms with Gasteiger partial charge in [-0.15, -0.1) is 0 Å². The van der Waals surface area contributed by atoms with Crippen molar-refractivity contribution in [3.8, 4) is 0 Å². The Hall–Kier alpha value is 0.700. The lowest BCUT2D eigenvalue weighted by Gasteiger charge is -2.19. The van der Waals surface area contributed by atoms with Gasteiger partial charge in [-0.1, -0.05) is 99.1 Å². The lowest BCUT2D eigenvalue weighted by atomic mass is 10.0. The molecule has 1 saturated heterocycles. The molecule has 0 spiro atoms. The zero-order chi connectivity index (χ0) is 13.6. The molecule has 0 amide bonds. The van der Waals surface area contributed by atoms with Gasteiger partial charge in [-0.2, -0.15) is 0 Å². The maximum Gasteiger partial charge on any atom is 0.0151 e. The van der Waals surface area contributed by atoms with E-state index in [0.717, 1.165) is 5.25 Å². The van der Waals surface area contributed by atoms with Crippen LogP contribution in [0.5, 0.6) is 0 Å². The van der Waals surface area contributed by atoms with Gasteiger partial charge >= 0.3 is 0 Å². The lowest BCUT2D eigenvalue weighted by molar-refractivity contribution is 0.538. The second-order valence-electron chi connectivity index (χ2n) is 6.01. The summed E-state index contributed by atoms with van der Waals surface area (Å²) < 4.78 is 0. The van der Waals surface area contributed by atoms with Crippen LogP contribution in [-0.2, 0) is 0 Å². The molecule has 0 saturated carbocycles. The van der Waals surface area contributed by atoms with Crippen molar-refractivity contribution in [3.63, 3.8) is 0 Å². The van der Waals surface area contributed by atoms with Crippen molar-refractivity contribution in [3.05, 3.63) is 0 Å². The Morgan fingerprint density at radius 2 is 1.37 bits per heavy atom. The van der Waals surface area contributed by atoms with E-state index in [1.165, 1.54) is 95.6 Å². The third-order valence-electron chi connectivity index (χ3n) is 4.09. The van der Waals surface area contributed by atoms with Gasteiger partial charge < -0.3 is 0 Å². The molecule has 0 N–H and O–H groups in total. The van der Waals surface area contributed by atoms with Gasteiger partial charge in [0.05, 0.1) is 0 Å². The number of hydrogen-bond acceptors (Lipinski definition) is 2. The summed E-state index contributed by atoms with van der Waals surface area (Å²) in [6.07, 6.45) is 20.6. The molecule has 0 radical (unpaired) electrons. The Kier molecular flexibility index (Phi) is 12.8. The van der Waals surface area contributed by atoms with E-state index in [-0.39, 0.29) is 0 Å². The van der Waals surface area contributed by atoms with E-state index in [1.54, 1.807) is 0 Å². The molecular formula is C17H34S2. The Labute approximate surface area is 129 Å². The van der Waals surface area contributed by atoms with Crippen molar-refractivity contribution in [2.45, 2.75) is 102 Å². The fourth-order valence-corrected chi connectivity index (χ4v) is 5.69. The Bertz CT molecular complexity index is 176.